The van der Waals surface area contributed by atoms with Gasteiger partial charge >= 0.3 is 11.9 Å². The van der Waals surface area contributed by atoms with Crippen molar-refractivity contribution < 1.29 is 97.1 Å². The van der Waals surface area contributed by atoms with E-state index in [-0.39, 0.29) is 97.9 Å². The maximum absolute atomic E-state index is 14.0. The van der Waals surface area contributed by atoms with Crippen molar-refractivity contribution >= 4 is 11.9 Å². The number of rotatable bonds is 18. The van der Waals surface area contributed by atoms with Gasteiger partial charge in [-0.3, -0.25) is 0 Å². The van der Waals surface area contributed by atoms with E-state index in [9.17, 15) is 40.2 Å². The number of carbonyl (C=O) groups is 2. The molecule has 0 spiro atoms. The molecule has 0 aromatic heterocycles. The van der Waals surface area contributed by atoms with Crippen LogP contribution in [0.5, 0.6) is 0 Å². The van der Waals surface area contributed by atoms with Crippen LogP contribution in [-0.2, 0) is 66.4 Å². The molecule has 6 N–H and O–H groups in total. The van der Waals surface area contributed by atoms with Crippen molar-refractivity contribution in [2.75, 3.05) is 42.7 Å². The third-order valence-electron chi connectivity index (χ3n) is 22.9. The molecule has 5 rings (SSSR count). The Labute approximate surface area is 601 Å². The van der Waals surface area contributed by atoms with Gasteiger partial charge in [-0.2, -0.15) is 0 Å². The molecule has 576 valence electrons. The van der Waals surface area contributed by atoms with Crippen LogP contribution in [-0.4, -0.2) is 220 Å². The molecule has 0 aliphatic carbocycles. The molecule has 5 heterocycles. The van der Waals surface area contributed by atoms with Crippen molar-refractivity contribution in [3.8, 4) is 0 Å². The summed E-state index contributed by atoms with van der Waals surface area (Å²) < 4.78 is 73.9. The highest BCUT2D eigenvalue weighted by atomic mass is 16.6. The van der Waals surface area contributed by atoms with Crippen LogP contribution in [0.1, 0.15) is 199 Å². The lowest BCUT2D eigenvalue weighted by Crippen LogP contribution is -2.45. The van der Waals surface area contributed by atoms with Crippen LogP contribution in [0.3, 0.4) is 0 Å². The number of aliphatic hydroxyl groups excluding tert-OH is 6. The van der Waals surface area contributed by atoms with E-state index < -0.39 is 108 Å². The van der Waals surface area contributed by atoms with Gasteiger partial charge in [-0.15, -0.1) is 0 Å². The molecule has 5 aliphatic rings. The molecule has 100 heavy (non-hydrogen) atoms. The van der Waals surface area contributed by atoms with Crippen LogP contribution >= 0.6 is 0 Å². The number of aliphatic hydroxyl groups is 6. The maximum Gasteiger partial charge on any atom is 0.331 e. The van der Waals surface area contributed by atoms with Crippen molar-refractivity contribution in [1.82, 2.24) is 0 Å². The Morgan fingerprint density at radius 2 is 0.780 bits per heavy atom. The lowest BCUT2D eigenvalue weighted by molar-refractivity contribution is -0.158. The van der Waals surface area contributed by atoms with Crippen molar-refractivity contribution in [2.45, 2.75) is 333 Å². The molecule has 4 bridgehead atoms. The van der Waals surface area contributed by atoms with E-state index in [0.29, 0.717) is 64.2 Å². The Hall–Kier alpha value is -3.26. The van der Waals surface area contributed by atoms with Crippen LogP contribution in [0.2, 0.25) is 0 Å². The number of methoxy groups -OCH3 is 6. The summed E-state index contributed by atoms with van der Waals surface area (Å²) in [5.41, 5.74) is 1.58. The summed E-state index contributed by atoms with van der Waals surface area (Å²) in [7, 11) is 9.98. The molecule has 20 nitrogen and oxygen atoms in total. The normalized spacial score (nSPS) is 38.8. The van der Waals surface area contributed by atoms with E-state index in [0.717, 1.165) is 49.7 Å². The van der Waals surface area contributed by atoms with Gasteiger partial charge in [0.2, 0.25) is 0 Å². The lowest BCUT2D eigenvalue weighted by Gasteiger charge is -2.38. The van der Waals surface area contributed by atoms with Crippen LogP contribution in [0.25, 0.3) is 0 Å². The van der Waals surface area contributed by atoms with Gasteiger partial charge in [-0.1, -0.05) is 115 Å². The summed E-state index contributed by atoms with van der Waals surface area (Å²) >= 11 is 0. The summed E-state index contributed by atoms with van der Waals surface area (Å²) in [6.07, 6.45) is 18.3. The molecule has 30 atom stereocenters. The highest BCUT2D eigenvalue weighted by Crippen LogP contribution is 2.37. The number of cyclic esters (lactones) is 2. The van der Waals surface area contributed by atoms with Gasteiger partial charge in [0.05, 0.1) is 122 Å². The van der Waals surface area contributed by atoms with Gasteiger partial charge < -0.3 is 87.5 Å². The van der Waals surface area contributed by atoms with E-state index in [1.54, 1.807) is 68.7 Å². The van der Waals surface area contributed by atoms with E-state index in [1.165, 1.54) is 12.2 Å². The molecule has 20 heteroatoms. The van der Waals surface area contributed by atoms with Crippen LogP contribution in [0.15, 0.2) is 71.9 Å². The van der Waals surface area contributed by atoms with Crippen LogP contribution in [0, 0.1) is 47.3 Å². The first-order valence-corrected chi connectivity index (χ1v) is 37.8. The number of allylic oxidation sites excluding steroid dienone is 4. The minimum absolute atomic E-state index is 0.0171. The Kier molecular flexibility index (Phi) is 39.0. The van der Waals surface area contributed by atoms with Gasteiger partial charge in [-0.05, 0) is 129 Å². The van der Waals surface area contributed by atoms with E-state index in [4.69, 9.17) is 56.8 Å². The number of fused-ring (bicyclic) bond motifs is 4. The zero-order valence-electron chi connectivity index (χ0n) is 64.2. The Bertz CT molecular complexity index is 2350. The molecule has 30 unspecified atom stereocenters. The zero-order valence-corrected chi connectivity index (χ0v) is 64.2. The first-order valence-electron chi connectivity index (χ1n) is 37.8. The zero-order chi connectivity index (χ0) is 73.9. The highest BCUT2D eigenvalue weighted by Gasteiger charge is 2.42. The summed E-state index contributed by atoms with van der Waals surface area (Å²) in [6.45, 7) is 22.9. The van der Waals surface area contributed by atoms with Gasteiger partial charge in [-0.25, -0.2) is 9.59 Å². The predicted octanol–water partition coefficient (Wildman–Crippen LogP) is 11.4. The Balaban J connectivity index is 1.39. The Morgan fingerprint density at radius 1 is 0.430 bits per heavy atom. The molecular weight excluding hydrogens is 1280 g/mol. The van der Waals surface area contributed by atoms with E-state index in [1.807, 2.05) is 79.7 Å². The fourth-order valence-electron chi connectivity index (χ4n) is 15.7. The average molecular weight is 1420 g/mol. The van der Waals surface area contributed by atoms with Crippen LogP contribution in [0.4, 0.5) is 0 Å². The second-order valence-corrected chi connectivity index (χ2v) is 30.7. The maximum atomic E-state index is 14.0. The fraction of sp³-hybridized carbons (Fsp3) is 0.825. The summed E-state index contributed by atoms with van der Waals surface area (Å²) in [5, 5.41) is 72.1. The van der Waals surface area contributed by atoms with E-state index >= 15 is 0 Å². The van der Waals surface area contributed by atoms with Gasteiger partial charge in [0.25, 0.3) is 0 Å². The van der Waals surface area contributed by atoms with Crippen molar-refractivity contribution in [3.63, 3.8) is 0 Å². The Morgan fingerprint density at radius 3 is 1.12 bits per heavy atom. The number of carbonyl (C=O) groups excluding carboxylic acids is 2. The number of hydrogen-bond donors (Lipinski definition) is 6. The van der Waals surface area contributed by atoms with Crippen molar-refractivity contribution in [3.05, 3.63) is 71.9 Å². The fourth-order valence-corrected chi connectivity index (χ4v) is 15.7. The molecule has 2 saturated heterocycles. The topological polar surface area (TPSA) is 266 Å². The summed E-state index contributed by atoms with van der Waals surface area (Å²) in [5.74, 6) is -5.21. The summed E-state index contributed by atoms with van der Waals surface area (Å²) in [6, 6.07) is 0. The number of esters is 2. The van der Waals surface area contributed by atoms with Gasteiger partial charge in [0, 0.05) is 116 Å². The lowest BCUT2D eigenvalue weighted by atomic mass is 9.78. The smallest absolute Gasteiger partial charge is 0.331 e. The predicted molar refractivity (Wildman–Crippen MR) is 387 cm³/mol. The minimum atomic E-state index is -1.14. The monoisotopic (exact) mass is 1420 g/mol. The minimum Gasteiger partial charge on any atom is -0.458 e. The standard InChI is InChI=1S/C80H136O20/c1-47-25-31-59(89-13)39-61-21-19-23-63(97-61)43-73(93-17)54(8)70(82)46-72(84)56(10)80(58(12)78(88)50(4)30-34-66-42-68(92-16)38-52(6)96-66)100-76(86)36-28-48(2)26-32-60(90-14)40-62-22-20-24-64(98-62)44-74(94-18)53(7)69(81)45-71(83)55(9)79(99-75(85)35-27-47)57(11)77(87)49(3)29-33-65-41-67(91-15)37-51(5)95-65/h19-22,25-28,35-36,49-74,77-84,87-88H,23-24,29-34,37-46H2,1-18H3. The second-order valence-electron chi connectivity index (χ2n) is 30.7. The largest absolute Gasteiger partial charge is 0.458 e. The SMILES string of the molecule is COC1CC=C(C)C=CC(=O)OC(C(C)C(O)C(C)CCC2CC(OC)CC(C)O2)C(C)C(O)CC(O)C(C)C(OC)CC2CC=CC(CC(OC)CC=C(C)C=CC(=O)OC(C(C)C(O)C(C)CCC3CC(OC)CC(C)O3)C(C)C(O)CC(O)C(C)C(OC)CC3CC=CC(C1)O3)O2. The third-order valence-corrected chi connectivity index (χ3v) is 22.9. The van der Waals surface area contributed by atoms with Gasteiger partial charge in [0.1, 0.15) is 12.2 Å². The third kappa shape index (κ3) is 28.6. The molecule has 0 radical (unpaired) electrons. The second kappa shape index (κ2) is 44.6. The first-order chi connectivity index (χ1) is 47.5. The average Bonchev–Trinajstić information content (AvgIpc) is 0.946. The van der Waals surface area contributed by atoms with E-state index in [2.05, 4.69) is 26.0 Å². The molecular formula is C80H136O20. The molecule has 2 fully saturated rings. The molecule has 0 saturated carbocycles. The quantitative estimate of drug-likeness (QED) is 0.0550. The molecule has 5 aliphatic heterocycles. The van der Waals surface area contributed by atoms with Crippen molar-refractivity contribution in [1.29, 1.82) is 0 Å². The van der Waals surface area contributed by atoms with Crippen LogP contribution < -0.4 is 0 Å². The first kappa shape index (κ1) is 87.4. The molecule has 0 aromatic rings. The molecule has 0 amide bonds. The number of ether oxygens (including phenoxy) is 12. The van der Waals surface area contributed by atoms with Crippen molar-refractivity contribution in [2.24, 2.45) is 47.3 Å². The van der Waals surface area contributed by atoms with Gasteiger partial charge in [0.15, 0.2) is 0 Å². The summed E-state index contributed by atoms with van der Waals surface area (Å²) in [4.78, 5) is 28.0. The molecule has 0 aromatic carbocycles. The number of hydrogen-bond acceptors (Lipinski definition) is 20. The highest BCUT2D eigenvalue weighted by molar-refractivity contribution is 5.83.